The van der Waals surface area contributed by atoms with Crippen molar-refractivity contribution >= 4 is 28.3 Å². The summed E-state index contributed by atoms with van der Waals surface area (Å²) in [7, 11) is 0. The number of rotatable bonds is 5. The SMILES string of the molecule is [C-]#[N+]c1cccc(-c2ccc(C(=C3CCN(C(=O)N(CC)CC)CC3)c3nc4cc(F)c(C(F)(F)F)cc4[nH]3)cc2)c1. The van der Waals surface area contributed by atoms with Gasteiger partial charge in [-0.15, -0.1) is 0 Å². The quantitative estimate of drug-likeness (QED) is 0.192. The van der Waals surface area contributed by atoms with Crippen molar-refractivity contribution in [2.24, 2.45) is 0 Å². The van der Waals surface area contributed by atoms with E-state index in [4.69, 9.17) is 6.57 Å². The van der Waals surface area contributed by atoms with Gasteiger partial charge in [-0.05, 0) is 55.5 Å². The van der Waals surface area contributed by atoms with Crippen LogP contribution in [-0.4, -0.2) is 52.0 Å². The molecule has 1 saturated heterocycles. The molecule has 0 bridgehead atoms. The maximum atomic E-state index is 14.4. The lowest BCUT2D eigenvalue weighted by Crippen LogP contribution is -2.45. The summed E-state index contributed by atoms with van der Waals surface area (Å²) in [4.78, 5) is 27.5. The second-order valence-electron chi connectivity index (χ2n) is 10.1. The Morgan fingerprint density at radius 1 is 1.02 bits per heavy atom. The average Bonchev–Trinajstić information content (AvgIpc) is 3.40. The molecule has 0 atom stereocenters. The predicted molar refractivity (Wildman–Crippen MR) is 154 cm³/mol. The number of fused-ring (bicyclic) bond motifs is 1. The third-order valence-corrected chi connectivity index (χ3v) is 7.62. The largest absolute Gasteiger partial charge is 0.419 e. The number of alkyl halides is 3. The third kappa shape index (κ3) is 5.73. The average molecular weight is 576 g/mol. The summed E-state index contributed by atoms with van der Waals surface area (Å²) in [5.74, 6) is -1.04. The molecule has 0 spiro atoms. The van der Waals surface area contributed by atoms with E-state index in [1.54, 1.807) is 17.0 Å². The molecule has 10 heteroatoms. The molecule has 216 valence electrons. The van der Waals surface area contributed by atoms with Crippen LogP contribution in [0.5, 0.6) is 0 Å². The Hall–Kier alpha value is -4.65. The highest BCUT2D eigenvalue weighted by molar-refractivity contribution is 5.86. The van der Waals surface area contributed by atoms with E-state index < -0.39 is 17.6 Å². The van der Waals surface area contributed by atoms with Gasteiger partial charge in [-0.1, -0.05) is 48.0 Å². The number of nitrogens with one attached hydrogen (secondary N) is 1. The lowest BCUT2D eigenvalue weighted by molar-refractivity contribution is -0.139. The molecule has 1 aliphatic heterocycles. The second kappa shape index (κ2) is 11.7. The maximum absolute atomic E-state index is 14.4. The van der Waals surface area contributed by atoms with Crippen LogP contribution in [0.1, 0.15) is 43.6 Å². The summed E-state index contributed by atoms with van der Waals surface area (Å²) >= 11 is 0. The Bertz CT molecular complexity index is 1680. The minimum Gasteiger partial charge on any atom is -0.338 e. The van der Waals surface area contributed by atoms with Gasteiger partial charge < -0.3 is 14.8 Å². The Morgan fingerprint density at radius 2 is 1.71 bits per heavy atom. The van der Waals surface area contributed by atoms with Crippen LogP contribution in [0.2, 0.25) is 0 Å². The Balaban J connectivity index is 1.56. The van der Waals surface area contributed by atoms with Crippen molar-refractivity contribution in [2.75, 3.05) is 26.2 Å². The molecule has 0 aliphatic carbocycles. The van der Waals surface area contributed by atoms with Gasteiger partial charge in [-0.3, -0.25) is 0 Å². The van der Waals surface area contributed by atoms with Crippen LogP contribution in [0.25, 0.3) is 32.6 Å². The molecule has 0 radical (unpaired) electrons. The number of halogens is 4. The number of carbonyl (C=O) groups is 1. The Labute approximate surface area is 241 Å². The number of urea groups is 1. The lowest BCUT2D eigenvalue weighted by atomic mass is 9.91. The van der Waals surface area contributed by atoms with E-state index in [-0.39, 0.29) is 17.1 Å². The zero-order valence-electron chi connectivity index (χ0n) is 23.2. The molecule has 2 heterocycles. The number of nitrogens with zero attached hydrogens (tertiary/aromatic N) is 4. The Kier molecular flexibility index (Phi) is 8.03. The van der Waals surface area contributed by atoms with E-state index in [1.807, 2.05) is 55.1 Å². The van der Waals surface area contributed by atoms with Crippen LogP contribution in [0.4, 0.5) is 28.0 Å². The topological polar surface area (TPSA) is 56.6 Å². The monoisotopic (exact) mass is 575 g/mol. The molecular weight excluding hydrogens is 546 g/mol. The molecule has 1 aromatic heterocycles. The van der Waals surface area contributed by atoms with E-state index in [1.165, 1.54) is 0 Å². The van der Waals surface area contributed by atoms with Gasteiger partial charge in [-0.25, -0.2) is 19.0 Å². The van der Waals surface area contributed by atoms with Crippen molar-refractivity contribution in [3.05, 3.63) is 100 Å². The van der Waals surface area contributed by atoms with Crippen LogP contribution >= 0.6 is 0 Å². The third-order valence-electron chi connectivity index (χ3n) is 7.62. The first kappa shape index (κ1) is 28.9. The van der Waals surface area contributed by atoms with E-state index in [9.17, 15) is 22.4 Å². The van der Waals surface area contributed by atoms with Crippen molar-refractivity contribution in [3.8, 4) is 11.1 Å². The van der Waals surface area contributed by atoms with Crippen LogP contribution in [0, 0.1) is 12.4 Å². The standard InChI is InChI=1S/C32H29F4N5O/c1-4-40(5-2)31(42)41-15-13-22(14-16-41)29(21-11-9-20(10-12-21)23-7-6-8-24(17-23)37-3)30-38-27-18-25(32(34,35)36)26(33)19-28(27)39-30/h6-12,17-19H,4-5,13-16H2,1-2H3,(H,38,39). The highest BCUT2D eigenvalue weighted by Gasteiger charge is 2.35. The van der Waals surface area contributed by atoms with Crippen molar-refractivity contribution in [2.45, 2.75) is 32.9 Å². The van der Waals surface area contributed by atoms with Gasteiger partial charge in [0.25, 0.3) is 0 Å². The van der Waals surface area contributed by atoms with Gasteiger partial charge in [0.2, 0.25) is 0 Å². The fourth-order valence-electron chi connectivity index (χ4n) is 5.37. The second-order valence-corrected chi connectivity index (χ2v) is 10.1. The number of amides is 2. The first-order chi connectivity index (χ1) is 20.1. The summed E-state index contributed by atoms with van der Waals surface area (Å²) in [6, 6.07) is 16.5. The van der Waals surface area contributed by atoms with Crippen molar-refractivity contribution in [3.63, 3.8) is 0 Å². The summed E-state index contributed by atoms with van der Waals surface area (Å²) in [6.45, 7) is 13.4. The molecule has 5 rings (SSSR count). The molecule has 2 amide bonds. The first-order valence-corrected chi connectivity index (χ1v) is 13.7. The number of piperidine rings is 1. The molecular formula is C32H29F4N5O. The number of carbonyl (C=O) groups excluding carboxylic acids is 1. The highest BCUT2D eigenvalue weighted by Crippen LogP contribution is 2.37. The number of hydrogen-bond donors (Lipinski definition) is 1. The van der Waals surface area contributed by atoms with Crippen LogP contribution in [0.3, 0.4) is 0 Å². The van der Waals surface area contributed by atoms with Crippen molar-refractivity contribution in [1.29, 1.82) is 0 Å². The molecule has 4 aromatic rings. The number of H-pyrrole nitrogens is 1. The normalized spacial score (nSPS) is 13.7. The maximum Gasteiger partial charge on any atom is 0.419 e. The molecule has 6 nitrogen and oxygen atoms in total. The summed E-state index contributed by atoms with van der Waals surface area (Å²) < 4.78 is 54.6. The first-order valence-electron chi connectivity index (χ1n) is 13.7. The highest BCUT2D eigenvalue weighted by atomic mass is 19.4. The number of hydrogen-bond acceptors (Lipinski definition) is 2. The molecule has 42 heavy (non-hydrogen) atoms. The lowest BCUT2D eigenvalue weighted by Gasteiger charge is -2.33. The number of benzene rings is 3. The van der Waals surface area contributed by atoms with Crippen molar-refractivity contribution in [1.82, 2.24) is 19.8 Å². The van der Waals surface area contributed by atoms with Crippen molar-refractivity contribution < 1.29 is 22.4 Å². The zero-order valence-corrected chi connectivity index (χ0v) is 23.2. The van der Waals surface area contributed by atoms with E-state index in [0.717, 1.165) is 40.0 Å². The number of imidazole rings is 1. The summed E-state index contributed by atoms with van der Waals surface area (Å²) in [5, 5.41) is 0. The smallest absolute Gasteiger partial charge is 0.338 e. The number of likely N-dealkylation sites (tertiary alicyclic amines) is 1. The number of aromatic nitrogens is 2. The fraction of sp³-hybridized carbons (Fsp3) is 0.281. The minimum absolute atomic E-state index is 0.0227. The molecule has 3 aromatic carbocycles. The van der Waals surface area contributed by atoms with E-state index in [2.05, 4.69) is 14.8 Å². The zero-order chi connectivity index (χ0) is 30.0. The molecule has 1 aliphatic rings. The summed E-state index contributed by atoms with van der Waals surface area (Å²) in [6.07, 6.45) is -3.73. The van der Waals surface area contributed by atoms with Crippen LogP contribution < -0.4 is 0 Å². The van der Waals surface area contributed by atoms with E-state index in [0.29, 0.717) is 50.5 Å². The van der Waals surface area contributed by atoms with Gasteiger partial charge in [-0.2, -0.15) is 13.2 Å². The Morgan fingerprint density at radius 3 is 2.33 bits per heavy atom. The van der Waals surface area contributed by atoms with Gasteiger partial charge >= 0.3 is 12.2 Å². The van der Waals surface area contributed by atoms with Gasteiger partial charge in [0.1, 0.15) is 11.6 Å². The molecule has 1 N–H and O–H groups in total. The van der Waals surface area contributed by atoms with E-state index >= 15 is 0 Å². The van der Waals surface area contributed by atoms with Crippen LogP contribution in [-0.2, 0) is 6.18 Å². The van der Waals surface area contributed by atoms with Gasteiger partial charge in [0.05, 0.1) is 23.2 Å². The molecule has 1 fully saturated rings. The summed E-state index contributed by atoms with van der Waals surface area (Å²) in [5.41, 5.74) is 3.63. The van der Waals surface area contributed by atoms with Gasteiger partial charge in [0.15, 0.2) is 5.69 Å². The van der Waals surface area contributed by atoms with Gasteiger partial charge in [0, 0.05) is 37.8 Å². The predicted octanol–water partition coefficient (Wildman–Crippen LogP) is 8.30. The van der Waals surface area contributed by atoms with Crippen LogP contribution in [0.15, 0.2) is 66.2 Å². The molecule has 0 saturated carbocycles. The minimum atomic E-state index is -4.84. The molecule has 0 unspecified atom stereocenters. The fourth-order valence-corrected chi connectivity index (χ4v) is 5.37. The number of aromatic amines is 1.